The Labute approximate surface area is 117 Å². The molecule has 20 heavy (non-hydrogen) atoms. The van der Waals surface area contributed by atoms with Crippen molar-refractivity contribution in [1.82, 2.24) is 25.0 Å². The van der Waals surface area contributed by atoms with Gasteiger partial charge in [0.25, 0.3) is 0 Å². The molecule has 0 aliphatic carbocycles. The highest BCUT2D eigenvalue weighted by Crippen LogP contribution is 2.31. The first-order chi connectivity index (χ1) is 9.67. The summed E-state index contributed by atoms with van der Waals surface area (Å²) in [5.41, 5.74) is 0.900. The standard InChI is InChI=1S/C10H13N5O4S/c1-20-9-5-8(11-3-12-9)15(14-13-5)10-7(18)6(17)4(2-16)19-10/h3-4,6-7,10,16-18H,2H2,1H3/t4-,6-,7-,10-/m1/s1. The van der Waals surface area contributed by atoms with Crippen molar-refractivity contribution in [2.75, 3.05) is 12.9 Å². The Kier molecular flexibility index (Phi) is 3.56. The number of aromatic nitrogens is 5. The molecule has 2 aromatic heterocycles. The highest BCUT2D eigenvalue weighted by molar-refractivity contribution is 7.98. The molecule has 1 fully saturated rings. The van der Waals surface area contributed by atoms with Crippen LogP contribution in [0.15, 0.2) is 11.4 Å². The second-order valence-electron chi connectivity index (χ2n) is 4.32. The lowest BCUT2D eigenvalue weighted by atomic mass is 10.1. The van der Waals surface area contributed by atoms with Crippen LogP contribution in [0.4, 0.5) is 0 Å². The van der Waals surface area contributed by atoms with Gasteiger partial charge < -0.3 is 20.1 Å². The summed E-state index contributed by atoms with van der Waals surface area (Å²) in [6.45, 7) is -0.396. The van der Waals surface area contributed by atoms with Gasteiger partial charge in [0, 0.05) is 0 Å². The minimum absolute atomic E-state index is 0.396. The Morgan fingerprint density at radius 2 is 2.15 bits per heavy atom. The predicted octanol–water partition coefficient (Wildman–Crippen LogP) is -1.45. The smallest absolute Gasteiger partial charge is 0.185 e. The maximum atomic E-state index is 9.99. The number of thioether (sulfide) groups is 1. The van der Waals surface area contributed by atoms with E-state index >= 15 is 0 Å². The van der Waals surface area contributed by atoms with Crippen molar-refractivity contribution in [3.63, 3.8) is 0 Å². The summed E-state index contributed by atoms with van der Waals surface area (Å²) in [4.78, 5) is 8.16. The number of ether oxygens (including phenoxy) is 1. The number of aliphatic hydroxyl groups excluding tert-OH is 3. The van der Waals surface area contributed by atoms with E-state index in [-0.39, 0.29) is 0 Å². The van der Waals surface area contributed by atoms with Gasteiger partial charge in [-0.15, -0.1) is 16.9 Å². The van der Waals surface area contributed by atoms with Crippen LogP contribution in [-0.4, -0.2) is 71.5 Å². The van der Waals surface area contributed by atoms with Gasteiger partial charge in [-0.25, -0.2) is 9.97 Å². The van der Waals surface area contributed by atoms with E-state index in [4.69, 9.17) is 9.84 Å². The zero-order valence-corrected chi connectivity index (χ0v) is 11.3. The fraction of sp³-hybridized carbons (Fsp3) is 0.600. The second kappa shape index (κ2) is 5.22. The zero-order valence-electron chi connectivity index (χ0n) is 10.5. The number of nitrogens with zero attached hydrogens (tertiary/aromatic N) is 5. The van der Waals surface area contributed by atoms with Crippen LogP contribution in [-0.2, 0) is 4.74 Å². The molecule has 0 aromatic carbocycles. The van der Waals surface area contributed by atoms with E-state index in [1.165, 1.54) is 22.8 Å². The van der Waals surface area contributed by atoms with E-state index in [1.54, 1.807) is 0 Å². The molecule has 3 heterocycles. The summed E-state index contributed by atoms with van der Waals surface area (Å²) < 4.78 is 6.70. The Hall–Kier alpha value is -1.33. The molecule has 1 saturated heterocycles. The Morgan fingerprint density at radius 1 is 1.35 bits per heavy atom. The van der Waals surface area contributed by atoms with Crippen LogP contribution >= 0.6 is 11.8 Å². The zero-order chi connectivity index (χ0) is 14.3. The van der Waals surface area contributed by atoms with Gasteiger partial charge in [0.15, 0.2) is 17.4 Å². The minimum Gasteiger partial charge on any atom is -0.394 e. The molecule has 0 bridgehead atoms. The van der Waals surface area contributed by atoms with Crippen LogP contribution in [0, 0.1) is 0 Å². The average molecular weight is 299 g/mol. The molecular weight excluding hydrogens is 286 g/mol. The third-order valence-electron chi connectivity index (χ3n) is 3.18. The van der Waals surface area contributed by atoms with Gasteiger partial charge in [0.05, 0.1) is 6.61 Å². The van der Waals surface area contributed by atoms with E-state index in [2.05, 4.69) is 20.3 Å². The topological polar surface area (TPSA) is 126 Å². The van der Waals surface area contributed by atoms with Gasteiger partial charge >= 0.3 is 0 Å². The second-order valence-corrected chi connectivity index (χ2v) is 5.11. The highest BCUT2D eigenvalue weighted by atomic mass is 32.2. The van der Waals surface area contributed by atoms with Crippen LogP contribution in [0.2, 0.25) is 0 Å². The largest absolute Gasteiger partial charge is 0.394 e. The third kappa shape index (κ3) is 1.96. The Morgan fingerprint density at radius 3 is 2.80 bits per heavy atom. The Balaban J connectivity index is 2.03. The maximum absolute atomic E-state index is 9.99. The van der Waals surface area contributed by atoms with E-state index in [0.29, 0.717) is 16.2 Å². The molecule has 108 valence electrons. The first-order valence-electron chi connectivity index (χ1n) is 5.89. The number of hydrogen-bond acceptors (Lipinski definition) is 9. The van der Waals surface area contributed by atoms with Gasteiger partial charge in [0.1, 0.15) is 29.7 Å². The van der Waals surface area contributed by atoms with Crippen molar-refractivity contribution in [3.8, 4) is 0 Å². The quantitative estimate of drug-likeness (QED) is 0.461. The van der Waals surface area contributed by atoms with E-state index in [1.807, 2.05) is 6.26 Å². The summed E-state index contributed by atoms with van der Waals surface area (Å²) in [5.74, 6) is 0. The van der Waals surface area contributed by atoms with Crippen molar-refractivity contribution < 1.29 is 20.1 Å². The molecule has 1 aliphatic heterocycles. The molecule has 2 aromatic rings. The van der Waals surface area contributed by atoms with Crippen molar-refractivity contribution in [2.45, 2.75) is 29.6 Å². The lowest BCUT2D eigenvalue weighted by Gasteiger charge is -2.14. The van der Waals surface area contributed by atoms with E-state index in [9.17, 15) is 10.2 Å². The molecule has 0 amide bonds. The molecule has 1 aliphatic rings. The van der Waals surface area contributed by atoms with E-state index in [0.717, 1.165) is 0 Å². The Bertz CT molecular complexity index is 623. The molecule has 0 saturated carbocycles. The molecule has 0 spiro atoms. The number of hydrogen-bond donors (Lipinski definition) is 3. The summed E-state index contributed by atoms with van der Waals surface area (Å²) >= 11 is 1.40. The monoisotopic (exact) mass is 299 g/mol. The minimum atomic E-state index is -1.22. The molecule has 0 radical (unpaired) electrons. The summed E-state index contributed by atoms with van der Waals surface area (Å²) in [6.07, 6.45) is -0.994. The van der Waals surface area contributed by atoms with Crippen molar-refractivity contribution in [2.24, 2.45) is 0 Å². The van der Waals surface area contributed by atoms with Crippen molar-refractivity contribution in [1.29, 1.82) is 0 Å². The van der Waals surface area contributed by atoms with Crippen LogP contribution < -0.4 is 0 Å². The van der Waals surface area contributed by atoms with Crippen molar-refractivity contribution >= 4 is 22.9 Å². The lowest BCUT2D eigenvalue weighted by molar-refractivity contribution is -0.0574. The van der Waals surface area contributed by atoms with Gasteiger partial charge in [-0.3, -0.25) is 0 Å². The maximum Gasteiger partial charge on any atom is 0.185 e. The lowest BCUT2D eigenvalue weighted by Crippen LogP contribution is -2.33. The van der Waals surface area contributed by atoms with Crippen LogP contribution in [0.5, 0.6) is 0 Å². The molecule has 9 nitrogen and oxygen atoms in total. The van der Waals surface area contributed by atoms with Crippen LogP contribution in [0.1, 0.15) is 6.23 Å². The van der Waals surface area contributed by atoms with Crippen molar-refractivity contribution in [3.05, 3.63) is 6.33 Å². The average Bonchev–Trinajstić information content (AvgIpc) is 3.01. The highest BCUT2D eigenvalue weighted by Gasteiger charge is 2.44. The molecule has 10 heteroatoms. The fourth-order valence-corrected chi connectivity index (χ4v) is 2.63. The molecular formula is C10H13N5O4S. The summed E-state index contributed by atoms with van der Waals surface area (Å²) in [5, 5.41) is 37.4. The normalized spacial score (nSPS) is 30.2. The van der Waals surface area contributed by atoms with Crippen LogP contribution in [0.3, 0.4) is 0 Å². The predicted molar refractivity (Wildman–Crippen MR) is 67.9 cm³/mol. The summed E-state index contributed by atoms with van der Waals surface area (Å²) in [6, 6.07) is 0. The fourth-order valence-electron chi connectivity index (χ4n) is 2.15. The van der Waals surface area contributed by atoms with Crippen LogP contribution in [0.25, 0.3) is 11.2 Å². The first kappa shape index (κ1) is 13.6. The van der Waals surface area contributed by atoms with Gasteiger partial charge in [-0.1, -0.05) is 5.21 Å². The molecule has 4 atom stereocenters. The molecule has 3 rings (SSSR count). The molecule has 3 N–H and O–H groups in total. The van der Waals surface area contributed by atoms with Gasteiger partial charge in [-0.05, 0) is 6.26 Å². The van der Waals surface area contributed by atoms with Gasteiger partial charge in [0.2, 0.25) is 0 Å². The SMILES string of the molecule is CSc1ncnc2c1nnn2[C@@H]1O[C@H](CO)[C@@H](O)[C@H]1O. The third-order valence-corrected chi connectivity index (χ3v) is 3.86. The van der Waals surface area contributed by atoms with E-state index < -0.39 is 31.1 Å². The van der Waals surface area contributed by atoms with Gasteiger partial charge in [-0.2, -0.15) is 4.68 Å². The molecule has 0 unspecified atom stereocenters. The number of fused-ring (bicyclic) bond motifs is 1. The number of rotatable bonds is 3. The number of aliphatic hydroxyl groups is 3. The summed E-state index contributed by atoms with van der Waals surface area (Å²) in [7, 11) is 0. The first-order valence-corrected chi connectivity index (χ1v) is 7.12.